The number of unbranched alkanes of at least 4 members (excludes halogenated alkanes) is 5. The largest absolute Gasteiger partial charge is 0.481 e. The van der Waals surface area contributed by atoms with Gasteiger partial charge in [0.1, 0.15) is 5.82 Å². The Labute approximate surface area is 96.1 Å². The van der Waals surface area contributed by atoms with E-state index >= 15 is 0 Å². The quantitative estimate of drug-likeness (QED) is 0.634. The molecule has 0 aliphatic carbocycles. The maximum Gasteiger partial charge on any atom is 0.303 e. The predicted molar refractivity (Wildman–Crippen MR) is 62.2 cm³/mol. The third-order valence-corrected chi connectivity index (χ3v) is 2.61. The lowest BCUT2D eigenvalue weighted by Crippen LogP contribution is -1.93. The first kappa shape index (κ1) is 12.7. The van der Waals surface area contributed by atoms with E-state index in [1.54, 1.807) is 6.20 Å². The van der Waals surface area contributed by atoms with E-state index in [0.717, 1.165) is 37.9 Å². The number of carbonyl (C=O) groups is 1. The van der Waals surface area contributed by atoms with Crippen molar-refractivity contribution in [2.75, 3.05) is 0 Å². The van der Waals surface area contributed by atoms with Crippen LogP contribution >= 0.6 is 0 Å². The molecule has 2 N–H and O–H groups in total. The fourth-order valence-corrected chi connectivity index (χ4v) is 1.71. The summed E-state index contributed by atoms with van der Waals surface area (Å²) in [6, 6.07) is 0. The van der Waals surface area contributed by atoms with Gasteiger partial charge < -0.3 is 10.1 Å². The van der Waals surface area contributed by atoms with Crippen molar-refractivity contribution in [3.05, 3.63) is 18.2 Å². The van der Waals surface area contributed by atoms with Crippen LogP contribution in [0.1, 0.15) is 50.8 Å². The average Bonchev–Trinajstić information content (AvgIpc) is 2.74. The van der Waals surface area contributed by atoms with Gasteiger partial charge >= 0.3 is 5.97 Å². The van der Waals surface area contributed by atoms with Crippen molar-refractivity contribution in [2.45, 2.75) is 51.4 Å². The molecular formula is C12H20N2O2. The van der Waals surface area contributed by atoms with Crippen molar-refractivity contribution >= 4 is 5.97 Å². The summed E-state index contributed by atoms with van der Waals surface area (Å²) in [6.07, 6.45) is 11.5. The summed E-state index contributed by atoms with van der Waals surface area (Å²) in [7, 11) is 0. The number of rotatable bonds is 9. The summed E-state index contributed by atoms with van der Waals surface area (Å²) in [6.45, 7) is 0. The number of aromatic nitrogens is 2. The molecule has 0 aliphatic rings. The van der Waals surface area contributed by atoms with Gasteiger partial charge in [0.15, 0.2) is 0 Å². The lowest BCUT2D eigenvalue weighted by molar-refractivity contribution is -0.137. The SMILES string of the molecule is O=C(O)CCCCCCCCc1ncc[nH]1. The lowest BCUT2D eigenvalue weighted by Gasteiger charge is -2.00. The van der Waals surface area contributed by atoms with Crippen LogP contribution < -0.4 is 0 Å². The van der Waals surface area contributed by atoms with Crippen molar-refractivity contribution in [3.63, 3.8) is 0 Å². The highest BCUT2D eigenvalue weighted by Crippen LogP contribution is 2.08. The average molecular weight is 224 g/mol. The van der Waals surface area contributed by atoms with Gasteiger partial charge in [0, 0.05) is 25.2 Å². The van der Waals surface area contributed by atoms with Crippen molar-refractivity contribution < 1.29 is 9.90 Å². The smallest absolute Gasteiger partial charge is 0.303 e. The summed E-state index contributed by atoms with van der Waals surface area (Å²) in [5.74, 6) is 0.378. The number of aromatic amines is 1. The Morgan fingerprint density at radius 1 is 1.19 bits per heavy atom. The van der Waals surface area contributed by atoms with Crippen molar-refractivity contribution in [2.24, 2.45) is 0 Å². The Kier molecular flexibility index (Phi) is 6.30. The van der Waals surface area contributed by atoms with Gasteiger partial charge in [-0.25, -0.2) is 4.98 Å². The molecule has 4 nitrogen and oxygen atoms in total. The first-order valence-electron chi connectivity index (χ1n) is 5.99. The number of aryl methyl sites for hydroxylation is 1. The van der Waals surface area contributed by atoms with Crippen LogP contribution in [0, 0.1) is 0 Å². The number of aliphatic carboxylic acids is 1. The monoisotopic (exact) mass is 224 g/mol. The van der Waals surface area contributed by atoms with Gasteiger partial charge in [0.2, 0.25) is 0 Å². The van der Waals surface area contributed by atoms with E-state index in [1.807, 2.05) is 6.20 Å². The highest BCUT2D eigenvalue weighted by atomic mass is 16.4. The molecule has 1 rings (SSSR count). The molecule has 0 unspecified atom stereocenters. The van der Waals surface area contributed by atoms with Crippen molar-refractivity contribution in [1.82, 2.24) is 9.97 Å². The molecule has 90 valence electrons. The Morgan fingerprint density at radius 3 is 2.50 bits per heavy atom. The van der Waals surface area contributed by atoms with E-state index in [4.69, 9.17) is 5.11 Å². The van der Waals surface area contributed by atoms with Gasteiger partial charge in [-0.15, -0.1) is 0 Å². The molecule has 0 bridgehead atoms. The number of hydrogen-bond acceptors (Lipinski definition) is 2. The van der Waals surface area contributed by atoms with Crippen LogP contribution in [0.15, 0.2) is 12.4 Å². The van der Waals surface area contributed by atoms with E-state index in [0.29, 0.717) is 6.42 Å². The topological polar surface area (TPSA) is 66.0 Å². The van der Waals surface area contributed by atoms with Crippen LogP contribution in [0.5, 0.6) is 0 Å². The fourth-order valence-electron chi connectivity index (χ4n) is 1.71. The first-order chi connectivity index (χ1) is 7.79. The summed E-state index contributed by atoms with van der Waals surface area (Å²) in [5.41, 5.74) is 0. The predicted octanol–water partition coefficient (Wildman–Crippen LogP) is 2.77. The number of imidazole rings is 1. The molecule has 1 aromatic rings. The zero-order chi connectivity index (χ0) is 11.6. The van der Waals surface area contributed by atoms with E-state index in [2.05, 4.69) is 9.97 Å². The number of H-pyrrole nitrogens is 1. The minimum atomic E-state index is -0.683. The zero-order valence-electron chi connectivity index (χ0n) is 9.61. The van der Waals surface area contributed by atoms with Gasteiger partial charge in [-0.05, 0) is 12.8 Å². The minimum absolute atomic E-state index is 0.312. The molecule has 0 aromatic carbocycles. The van der Waals surface area contributed by atoms with Crippen molar-refractivity contribution in [1.29, 1.82) is 0 Å². The van der Waals surface area contributed by atoms with Crippen LogP contribution in [0.3, 0.4) is 0 Å². The summed E-state index contributed by atoms with van der Waals surface area (Å²) < 4.78 is 0. The Balaban J connectivity index is 1.83. The molecule has 4 heteroatoms. The second-order valence-electron chi connectivity index (χ2n) is 4.05. The maximum atomic E-state index is 10.3. The van der Waals surface area contributed by atoms with E-state index in [9.17, 15) is 4.79 Å². The van der Waals surface area contributed by atoms with E-state index in [-0.39, 0.29) is 0 Å². The van der Waals surface area contributed by atoms with Gasteiger partial charge in [-0.1, -0.05) is 25.7 Å². The Bertz CT molecular complexity index is 283. The van der Waals surface area contributed by atoms with Gasteiger partial charge in [0.25, 0.3) is 0 Å². The molecule has 0 aliphatic heterocycles. The highest BCUT2D eigenvalue weighted by molar-refractivity contribution is 5.66. The molecule has 0 saturated heterocycles. The molecule has 0 radical (unpaired) electrons. The van der Waals surface area contributed by atoms with E-state index in [1.165, 1.54) is 12.8 Å². The number of hydrogen-bond donors (Lipinski definition) is 2. The number of carboxylic acid groups (broad SMARTS) is 1. The second-order valence-corrected chi connectivity index (χ2v) is 4.05. The minimum Gasteiger partial charge on any atom is -0.481 e. The summed E-state index contributed by atoms with van der Waals surface area (Å²) in [5, 5.41) is 8.45. The molecular weight excluding hydrogens is 204 g/mol. The zero-order valence-corrected chi connectivity index (χ0v) is 9.61. The van der Waals surface area contributed by atoms with Crippen LogP contribution in [0.2, 0.25) is 0 Å². The van der Waals surface area contributed by atoms with Crippen LogP contribution in [-0.2, 0) is 11.2 Å². The number of carboxylic acids is 1. The van der Waals surface area contributed by atoms with E-state index < -0.39 is 5.97 Å². The molecule has 0 fully saturated rings. The molecule has 16 heavy (non-hydrogen) atoms. The maximum absolute atomic E-state index is 10.3. The van der Waals surface area contributed by atoms with Gasteiger partial charge in [0.05, 0.1) is 0 Å². The Hall–Kier alpha value is -1.32. The first-order valence-corrected chi connectivity index (χ1v) is 5.99. The van der Waals surface area contributed by atoms with Crippen LogP contribution in [0.4, 0.5) is 0 Å². The van der Waals surface area contributed by atoms with Gasteiger partial charge in [-0.2, -0.15) is 0 Å². The number of nitrogens with one attached hydrogen (secondary N) is 1. The molecule has 0 atom stereocenters. The van der Waals surface area contributed by atoms with Crippen molar-refractivity contribution in [3.8, 4) is 0 Å². The van der Waals surface area contributed by atoms with Crippen LogP contribution in [-0.4, -0.2) is 21.0 Å². The lowest BCUT2D eigenvalue weighted by atomic mass is 10.1. The van der Waals surface area contributed by atoms with Crippen LogP contribution in [0.25, 0.3) is 0 Å². The standard InChI is InChI=1S/C12H20N2O2/c15-12(16)8-6-4-2-1-3-5-7-11-13-9-10-14-11/h9-10H,1-8H2,(H,13,14)(H,15,16). The number of nitrogens with zero attached hydrogens (tertiary/aromatic N) is 1. The third kappa shape index (κ3) is 6.22. The normalized spacial score (nSPS) is 10.5. The molecule has 1 aromatic heterocycles. The second kappa shape index (κ2) is 7.91. The highest BCUT2D eigenvalue weighted by Gasteiger charge is 1.97. The molecule has 0 saturated carbocycles. The molecule has 1 heterocycles. The molecule has 0 amide bonds. The third-order valence-electron chi connectivity index (χ3n) is 2.61. The Morgan fingerprint density at radius 2 is 1.88 bits per heavy atom. The van der Waals surface area contributed by atoms with Gasteiger partial charge in [-0.3, -0.25) is 4.79 Å². The fraction of sp³-hybridized carbons (Fsp3) is 0.667. The summed E-state index contributed by atoms with van der Waals surface area (Å²) >= 11 is 0. The summed E-state index contributed by atoms with van der Waals surface area (Å²) in [4.78, 5) is 17.5. The molecule has 0 spiro atoms.